The Hall–Kier alpha value is -5.60. The van der Waals surface area contributed by atoms with Crippen molar-refractivity contribution in [2.45, 2.75) is 13.8 Å². The molecule has 6 rings (SSSR count). The lowest BCUT2D eigenvalue weighted by molar-refractivity contribution is 1.27. The Morgan fingerprint density at radius 3 is 0.932 bits per heavy atom. The fourth-order valence-corrected chi connectivity index (χ4v) is 5.34. The molecule has 6 aromatic rings. The summed E-state index contributed by atoms with van der Waals surface area (Å²) in [6.07, 6.45) is 4.44. The van der Waals surface area contributed by atoms with Crippen molar-refractivity contribution in [2.24, 2.45) is 0 Å². The number of hydrogen-bond acceptors (Lipinski definition) is 2. The van der Waals surface area contributed by atoms with Gasteiger partial charge in [0.25, 0.3) is 0 Å². The van der Waals surface area contributed by atoms with E-state index in [4.69, 9.17) is 0 Å². The highest BCUT2D eigenvalue weighted by Gasteiger charge is 2.11. The molecular weight excluding hydrogens is 532 g/mol. The highest BCUT2D eigenvalue weighted by Crippen LogP contribution is 2.33. The van der Waals surface area contributed by atoms with E-state index in [0.29, 0.717) is 0 Å². The van der Waals surface area contributed by atoms with Gasteiger partial charge < -0.3 is 9.80 Å². The summed E-state index contributed by atoms with van der Waals surface area (Å²) in [6.45, 7) is 4.33. The number of allylic oxidation sites excluding steroid dienone is 2. The molecule has 2 heteroatoms. The third-order valence-electron chi connectivity index (χ3n) is 7.80. The van der Waals surface area contributed by atoms with Crippen molar-refractivity contribution >= 4 is 33.9 Å². The SMILES string of the molecule is CC(=CN(c1ccccc1)c1ccc(-c2ccc(N(C=C(C)c3ccccc3)c3ccccc3)cc2)cc1)c1ccccc1. The molecule has 0 heterocycles. The summed E-state index contributed by atoms with van der Waals surface area (Å²) in [5.41, 5.74) is 11.7. The van der Waals surface area contributed by atoms with Crippen LogP contribution in [0.5, 0.6) is 0 Å². The van der Waals surface area contributed by atoms with Gasteiger partial charge in [0, 0.05) is 35.1 Å². The van der Waals surface area contributed by atoms with E-state index in [1.54, 1.807) is 0 Å². The van der Waals surface area contributed by atoms with Crippen molar-refractivity contribution in [3.63, 3.8) is 0 Å². The molecule has 0 saturated carbocycles. The van der Waals surface area contributed by atoms with Crippen molar-refractivity contribution in [3.05, 3.63) is 193 Å². The minimum Gasteiger partial charge on any atom is -0.317 e. The Bertz CT molecular complexity index is 1680. The lowest BCUT2D eigenvalue weighted by Gasteiger charge is -2.23. The molecule has 0 bridgehead atoms. The number of rotatable bonds is 9. The maximum absolute atomic E-state index is 2.26. The van der Waals surface area contributed by atoms with Gasteiger partial charge in [0.15, 0.2) is 0 Å². The first kappa shape index (κ1) is 28.5. The monoisotopic (exact) mass is 568 g/mol. The third kappa shape index (κ3) is 6.72. The van der Waals surface area contributed by atoms with Crippen molar-refractivity contribution in [1.29, 1.82) is 0 Å². The Kier molecular flexibility index (Phi) is 8.80. The molecule has 0 aliphatic rings. The predicted octanol–water partition coefficient (Wildman–Crippen LogP) is 11.8. The van der Waals surface area contributed by atoms with Crippen LogP contribution in [-0.4, -0.2) is 0 Å². The molecule has 0 atom stereocenters. The summed E-state index contributed by atoms with van der Waals surface area (Å²) in [7, 11) is 0. The van der Waals surface area contributed by atoms with Gasteiger partial charge in [-0.25, -0.2) is 0 Å². The predicted molar refractivity (Wildman–Crippen MR) is 189 cm³/mol. The van der Waals surface area contributed by atoms with Crippen molar-refractivity contribution in [1.82, 2.24) is 0 Å². The smallest absolute Gasteiger partial charge is 0.0456 e. The minimum absolute atomic E-state index is 1.11. The van der Waals surface area contributed by atoms with Crippen LogP contribution in [0.1, 0.15) is 25.0 Å². The van der Waals surface area contributed by atoms with Crippen LogP contribution < -0.4 is 9.80 Å². The minimum atomic E-state index is 1.11. The molecule has 214 valence electrons. The van der Waals surface area contributed by atoms with E-state index in [-0.39, 0.29) is 0 Å². The van der Waals surface area contributed by atoms with Gasteiger partial charge in [0.2, 0.25) is 0 Å². The quantitative estimate of drug-likeness (QED) is 0.171. The first-order valence-corrected chi connectivity index (χ1v) is 15.0. The normalized spacial score (nSPS) is 11.7. The van der Waals surface area contributed by atoms with Gasteiger partial charge >= 0.3 is 0 Å². The summed E-state index contributed by atoms with van der Waals surface area (Å²) < 4.78 is 0. The molecule has 0 unspecified atom stereocenters. The summed E-state index contributed by atoms with van der Waals surface area (Å²) in [6, 6.07) is 59.7. The summed E-state index contributed by atoms with van der Waals surface area (Å²) >= 11 is 0. The molecule has 0 aliphatic carbocycles. The van der Waals surface area contributed by atoms with Gasteiger partial charge in [0.1, 0.15) is 0 Å². The summed E-state index contributed by atoms with van der Waals surface area (Å²) in [4.78, 5) is 4.52. The fourth-order valence-electron chi connectivity index (χ4n) is 5.34. The molecule has 0 aromatic heterocycles. The van der Waals surface area contributed by atoms with Gasteiger partial charge in [-0.15, -0.1) is 0 Å². The molecule has 0 spiro atoms. The first-order chi connectivity index (χ1) is 21.7. The van der Waals surface area contributed by atoms with Gasteiger partial charge in [-0.1, -0.05) is 121 Å². The topological polar surface area (TPSA) is 6.48 Å². The molecule has 0 saturated heterocycles. The van der Waals surface area contributed by atoms with Crippen LogP contribution in [0.3, 0.4) is 0 Å². The van der Waals surface area contributed by atoms with Gasteiger partial charge in [-0.05, 0) is 95.8 Å². The summed E-state index contributed by atoms with van der Waals surface area (Å²) in [5, 5.41) is 0. The highest BCUT2D eigenvalue weighted by molar-refractivity contribution is 5.78. The molecule has 0 aliphatic heterocycles. The second kappa shape index (κ2) is 13.6. The molecule has 0 fully saturated rings. The number of anilines is 4. The van der Waals surface area contributed by atoms with Crippen LogP contribution in [0.2, 0.25) is 0 Å². The van der Waals surface area contributed by atoms with E-state index in [9.17, 15) is 0 Å². The van der Waals surface area contributed by atoms with Gasteiger partial charge in [-0.2, -0.15) is 0 Å². The van der Waals surface area contributed by atoms with E-state index in [2.05, 4.69) is 206 Å². The lowest BCUT2D eigenvalue weighted by atomic mass is 10.0. The van der Waals surface area contributed by atoms with E-state index in [1.165, 1.54) is 33.4 Å². The third-order valence-corrected chi connectivity index (χ3v) is 7.80. The second-order valence-electron chi connectivity index (χ2n) is 10.9. The van der Waals surface area contributed by atoms with Gasteiger partial charge in [-0.3, -0.25) is 0 Å². The van der Waals surface area contributed by atoms with Crippen LogP contribution in [0.4, 0.5) is 22.7 Å². The first-order valence-electron chi connectivity index (χ1n) is 15.0. The van der Waals surface area contributed by atoms with E-state index in [0.717, 1.165) is 22.7 Å². The molecule has 44 heavy (non-hydrogen) atoms. The second-order valence-corrected chi connectivity index (χ2v) is 10.9. The maximum Gasteiger partial charge on any atom is 0.0456 e. The number of para-hydroxylation sites is 2. The number of benzene rings is 6. The Balaban J connectivity index is 1.29. The average molecular weight is 569 g/mol. The molecule has 0 amide bonds. The van der Waals surface area contributed by atoms with E-state index < -0.39 is 0 Å². The lowest BCUT2D eigenvalue weighted by Crippen LogP contribution is -2.09. The Labute approximate surface area is 261 Å². The standard InChI is InChI=1S/C42H36N2/c1-33(35-15-7-3-8-16-35)31-43(39-19-11-5-12-20-39)41-27-23-37(24-28-41)38-25-29-42(30-26-38)44(40-21-13-6-14-22-40)32-34(2)36-17-9-4-10-18-36/h3-32H,1-2H3. The summed E-state index contributed by atoms with van der Waals surface area (Å²) in [5.74, 6) is 0. The van der Waals surface area contributed by atoms with Crippen molar-refractivity contribution < 1.29 is 0 Å². The Morgan fingerprint density at radius 1 is 0.341 bits per heavy atom. The molecule has 0 N–H and O–H groups in total. The zero-order valence-corrected chi connectivity index (χ0v) is 25.2. The van der Waals surface area contributed by atoms with Crippen LogP contribution in [0.25, 0.3) is 22.3 Å². The zero-order chi connectivity index (χ0) is 30.1. The molecule has 0 radical (unpaired) electrons. The highest BCUT2D eigenvalue weighted by atomic mass is 15.1. The number of nitrogens with zero attached hydrogens (tertiary/aromatic N) is 2. The molecule has 2 nitrogen and oxygen atoms in total. The fraction of sp³-hybridized carbons (Fsp3) is 0.0476. The molecular formula is C42H36N2. The van der Waals surface area contributed by atoms with E-state index in [1.807, 2.05) is 0 Å². The maximum atomic E-state index is 2.26. The zero-order valence-electron chi connectivity index (χ0n) is 25.2. The largest absolute Gasteiger partial charge is 0.317 e. The average Bonchev–Trinajstić information content (AvgIpc) is 3.11. The van der Waals surface area contributed by atoms with Crippen molar-refractivity contribution in [3.8, 4) is 11.1 Å². The number of hydrogen-bond donors (Lipinski definition) is 0. The Morgan fingerprint density at radius 2 is 0.614 bits per heavy atom. The van der Waals surface area contributed by atoms with Crippen LogP contribution in [0, 0.1) is 0 Å². The van der Waals surface area contributed by atoms with Crippen molar-refractivity contribution in [2.75, 3.05) is 9.80 Å². The van der Waals surface area contributed by atoms with Crippen LogP contribution in [0.15, 0.2) is 182 Å². The molecule has 6 aromatic carbocycles. The van der Waals surface area contributed by atoms with Crippen LogP contribution >= 0.6 is 0 Å². The van der Waals surface area contributed by atoms with E-state index >= 15 is 0 Å². The van der Waals surface area contributed by atoms with Crippen LogP contribution in [-0.2, 0) is 0 Å². The van der Waals surface area contributed by atoms with Gasteiger partial charge in [0.05, 0.1) is 0 Å².